The predicted octanol–water partition coefficient (Wildman–Crippen LogP) is 2.45. The molecule has 0 radical (unpaired) electrons. The van der Waals surface area contributed by atoms with E-state index in [9.17, 15) is 4.79 Å². The molecule has 3 fully saturated rings. The van der Waals surface area contributed by atoms with Gasteiger partial charge in [0.2, 0.25) is 11.8 Å². The molecule has 2 unspecified atom stereocenters. The van der Waals surface area contributed by atoms with Crippen LogP contribution < -0.4 is 4.74 Å². The largest absolute Gasteiger partial charge is 0.474 e. The fourth-order valence-electron chi connectivity index (χ4n) is 4.62. The molecule has 1 amide bonds. The van der Waals surface area contributed by atoms with Gasteiger partial charge in [-0.15, -0.1) is 0 Å². The molecule has 144 valence electrons. The van der Waals surface area contributed by atoms with Gasteiger partial charge in [-0.25, -0.2) is 4.98 Å². The summed E-state index contributed by atoms with van der Waals surface area (Å²) in [7, 11) is 0. The van der Waals surface area contributed by atoms with Gasteiger partial charge >= 0.3 is 0 Å². The fourth-order valence-corrected chi connectivity index (χ4v) is 4.62. The van der Waals surface area contributed by atoms with E-state index in [0.717, 1.165) is 63.3 Å². The maximum absolute atomic E-state index is 12.8. The number of fused-ring (bicyclic) bond motifs is 1. The SMILES string of the molecule is C[C@H]1CCN(C(=O)C2CC2C2=NCc3ccnc(OC4CCOCC4)c32)C1. The average molecular weight is 369 g/mol. The first kappa shape index (κ1) is 17.2. The topological polar surface area (TPSA) is 64.0 Å². The van der Waals surface area contributed by atoms with Gasteiger partial charge in [0.05, 0.1) is 31.0 Å². The van der Waals surface area contributed by atoms with Crippen molar-refractivity contribution >= 4 is 11.6 Å². The van der Waals surface area contributed by atoms with E-state index in [1.165, 1.54) is 5.56 Å². The molecule has 1 saturated carbocycles. The second-order valence-corrected chi connectivity index (χ2v) is 8.41. The van der Waals surface area contributed by atoms with Crippen molar-refractivity contribution in [3.05, 3.63) is 23.4 Å². The third-order valence-corrected chi connectivity index (χ3v) is 6.32. The summed E-state index contributed by atoms with van der Waals surface area (Å²) in [5.41, 5.74) is 3.28. The summed E-state index contributed by atoms with van der Waals surface area (Å²) in [5.74, 6) is 1.96. The Labute approximate surface area is 160 Å². The van der Waals surface area contributed by atoms with Crippen LogP contribution in [0.2, 0.25) is 0 Å². The molecule has 3 aliphatic heterocycles. The van der Waals surface area contributed by atoms with Crippen molar-refractivity contribution in [2.45, 2.75) is 45.3 Å². The van der Waals surface area contributed by atoms with Crippen LogP contribution in [0.3, 0.4) is 0 Å². The van der Waals surface area contributed by atoms with Crippen molar-refractivity contribution in [3.8, 4) is 5.88 Å². The van der Waals surface area contributed by atoms with Crippen LogP contribution >= 0.6 is 0 Å². The number of carbonyl (C=O) groups is 1. The van der Waals surface area contributed by atoms with Crippen LogP contribution in [-0.2, 0) is 16.1 Å². The Morgan fingerprint density at radius 1 is 1.30 bits per heavy atom. The standard InChI is InChI=1S/C21H27N3O3/c1-13-3-7-24(12-13)21(25)17-10-16(17)19-18-14(11-23-19)2-6-22-20(18)27-15-4-8-26-9-5-15/h2,6,13,15-17H,3-5,7-12H2,1H3/t13-,16?,17?/m0/s1. The lowest BCUT2D eigenvalue weighted by atomic mass is 10.0. The zero-order valence-corrected chi connectivity index (χ0v) is 15.9. The van der Waals surface area contributed by atoms with Gasteiger partial charge < -0.3 is 14.4 Å². The van der Waals surface area contributed by atoms with Crippen molar-refractivity contribution in [2.75, 3.05) is 26.3 Å². The van der Waals surface area contributed by atoms with Gasteiger partial charge in [0.15, 0.2) is 0 Å². The maximum atomic E-state index is 12.8. The lowest BCUT2D eigenvalue weighted by molar-refractivity contribution is -0.131. The number of aromatic nitrogens is 1. The Kier molecular flexibility index (Phi) is 4.38. The summed E-state index contributed by atoms with van der Waals surface area (Å²) in [6, 6.07) is 2.03. The van der Waals surface area contributed by atoms with Crippen LogP contribution in [0.15, 0.2) is 17.3 Å². The van der Waals surface area contributed by atoms with E-state index in [1.807, 2.05) is 12.3 Å². The summed E-state index contributed by atoms with van der Waals surface area (Å²) in [5, 5.41) is 0. The van der Waals surface area contributed by atoms with E-state index in [0.29, 0.717) is 24.2 Å². The molecule has 2 saturated heterocycles. The van der Waals surface area contributed by atoms with E-state index >= 15 is 0 Å². The molecule has 1 aromatic heterocycles. The molecular formula is C21H27N3O3. The normalized spacial score (nSPS) is 30.2. The number of pyridine rings is 1. The third-order valence-electron chi connectivity index (χ3n) is 6.32. The second-order valence-electron chi connectivity index (χ2n) is 8.41. The lowest BCUT2D eigenvalue weighted by Crippen LogP contribution is -2.31. The molecule has 4 aliphatic rings. The molecule has 1 aliphatic carbocycles. The minimum atomic E-state index is 0.0936. The van der Waals surface area contributed by atoms with Gasteiger partial charge in [-0.1, -0.05) is 6.92 Å². The molecule has 0 aromatic carbocycles. The Morgan fingerprint density at radius 3 is 2.93 bits per heavy atom. The average Bonchev–Trinajstić information content (AvgIpc) is 3.15. The number of rotatable bonds is 4. The zero-order chi connectivity index (χ0) is 18.4. The molecule has 27 heavy (non-hydrogen) atoms. The molecule has 0 bridgehead atoms. The van der Waals surface area contributed by atoms with Crippen molar-refractivity contribution in [2.24, 2.45) is 22.7 Å². The summed E-state index contributed by atoms with van der Waals surface area (Å²) in [4.78, 5) is 24.2. The molecule has 0 N–H and O–H groups in total. The molecule has 5 rings (SSSR count). The molecule has 4 heterocycles. The van der Waals surface area contributed by atoms with Crippen molar-refractivity contribution in [1.82, 2.24) is 9.88 Å². The first-order valence-corrected chi connectivity index (χ1v) is 10.3. The minimum absolute atomic E-state index is 0.0936. The number of aliphatic imine (C=N–C) groups is 1. The van der Waals surface area contributed by atoms with Crippen LogP contribution in [-0.4, -0.2) is 53.9 Å². The van der Waals surface area contributed by atoms with Gasteiger partial charge in [-0.05, 0) is 30.4 Å². The Bertz CT molecular complexity index is 772. The first-order valence-electron chi connectivity index (χ1n) is 10.3. The molecule has 3 atom stereocenters. The molecule has 1 aromatic rings. The third kappa shape index (κ3) is 3.24. The van der Waals surface area contributed by atoms with E-state index in [2.05, 4.69) is 16.8 Å². The monoisotopic (exact) mass is 369 g/mol. The number of hydrogen-bond donors (Lipinski definition) is 0. The van der Waals surface area contributed by atoms with E-state index < -0.39 is 0 Å². The molecule has 6 heteroatoms. The van der Waals surface area contributed by atoms with E-state index in [-0.39, 0.29) is 17.9 Å². The van der Waals surface area contributed by atoms with Crippen LogP contribution in [0.25, 0.3) is 0 Å². The predicted molar refractivity (Wildman–Crippen MR) is 101 cm³/mol. The Morgan fingerprint density at radius 2 is 2.15 bits per heavy atom. The van der Waals surface area contributed by atoms with Gasteiger partial charge in [-0.3, -0.25) is 9.79 Å². The quantitative estimate of drug-likeness (QED) is 0.818. The highest BCUT2D eigenvalue weighted by atomic mass is 16.5. The van der Waals surface area contributed by atoms with Crippen LogP contribution in [0.5, 0.6) is 5.88 Å². The zero-order valence-electron chi connectivity index (χ0n) is 15.9. The number of likely N-dealkylation sites (tertiary alicyclic amines) is 1. The van der Waals surface area contributed by atoms with E-state index in [4.69, 9.17) is 14.5 Å². The minimum Gasteiger partial charge on any atom is -0.474 e. The summed E-state index contributed by atoms with van der Waals surface area (Å²) in [6.45, 7) is 6.20. The highest BCUT2D eigenvalue weighted by molar-refractivity contribution is 6.10. The van der Waals surface area contributed by atoms with Crippen molar-refractivity contribution in [3.63, 3.8) is 0 Å². The van der Waals surface area contributed by atoms with Gasteiger partial charge in [0.25, 0.3) is 0 Å². The maximum Gasteiger partial charge on any atom is 0.226 e. The number of carbonyl (C=O) groups excluding carboxylic acids is 1. The lowest BCUT2D eigenvalue weighted by Gasteiger charge is -2.24. The fraction of sp³-hybridized carbons (Fsp3) is 0.667. The number of amides is 1. The molecular weight excluding hydrogens is 342 g/mol. The number of ether oxygens (including phenoxy) is 2. The highest BCUT2D eigenvalue weighted by Crippen LogP contribution is 2.46. The molecule has 6 nitrogen and oxygen atoms in total. The smallest absolute Gasteiger partial charge is 0.226 e. The van der Waals surface area contributed by atoms with E-state index in [1.54, 1.807) is 0 Å². The van der Waals surface area contributed by atoms with Gasteiger partial charge in [0, 0.05) is 44.0 Å². The van der Waals surface area contributed by atoms with Gasteiger partial charge in [0.1, 0.15) is 6.10 Å². The van der Waals surface area contributed by atoms with Crippen LogP contribution in [0.1, 0.15) is 43.7 Å². The number of hydrogen-bond acceptors (Lipinski definition) is 5. The van der Waals surface area contributed by atoms with Crippen LogP contribution in [0, 0.1) is 17.8 Å². The van der Waals surface area contributed by atoms with Crippen molar-refractivity contribution in [1.29, 1.82) is 0 Å². The molecule has 0 spiro atoms. The Balaban J connectivity index is 1.32. The Hall–Kier alpha value is -1.95. The van der Waals surface area contributed by atoms with Gasteiger partial charge in [-0.2, -0.15) is 0 Å². The van der Waals surface area contributed by atoms with Crippen molar-refractivity contribution < 1.29 is 14.3 Å². The first-order chi connectivity index (χ1) is 13.2. The van der Waals surface area contributed by atoms with Crippen LogP contribution in [0.4, 0.5) is 0 Å². The number of nitrogens with zero attached hydrogens (tertiary/aromatic N) is 3. The summed E-state index contributed by atoms with van der Waals surface area (Å²) < 4.78 is 11.7. The summed E-state index contributed by atoms with van der Waals surface area (Å²) in [6.07, 6.45) is 5.80. The second kappa shape index (κ2) is 6.89. The summed E-state index contributed by atoms with van der Waals surface area (Å²) >= 11 is 0. The highest BCUT2D eigenvalue weighted by Gasteiger charge is 2.50.